The number of rotatable bonds is 5. The van der Waals surface area contributed by atoms with Gasteiger partial charge in [-0.25, -0.2) is 0 Å². The van der Waals surface area contributed by atoms with E-state index >= 15 is 0 Å². The van der Waals surface area contributed by atoms with E-state index in [1.165, 1.54) is 82.5 Å². The molecule has 8 aromatic rings. The molecule has 0 N–H and O–H groups in total. The van der Waals surface area contributed by atoms with Gasteiger partial charge in [0.1, 0.15) is 0 Å². The molecule has 222 valence electrons. The van der Waals surface area contributed by atoms with Crippen molar-refractivity contribution in [2.24, 2.45) is 0 Å². The third kappa shape index (κ3) is 4.39. The number of hydrogen-bond acceptors (Lipinski definition) is 1. The minimum absolute atomic E-state index is 1.13. The van der Waals surface area contributed by atoms with Crippen molar-refractivity contribution < 1.29 is 0 Å². The molecule has 1 aliphatic rings. The van der Waals surface area contributed by atoms with Gasteiger partial charge in [-0.1, -0.05) is 121 Å². The van der Waals surface area contributed by atoms with Gasteiger partial charge in [0.25, 0.3) is 0 Å². The SMILES string of the molecule is CC1=C(c2cc(-c3cccc(N(c4ccccc4)c4cccc5ccccc45)c3)ccc2C)c2cccc3cc4ccccc4c1c23. The molecule has 0 aliphatic heterocycles. The summed E-state index contributed by atoms with van der Waals surface area (Å²) < 4.78 is 0. The molecule has 9 rings (SSSR count). The van der Waals surface area contributed by atoms with Crippen molar-refractivity contribution in [3.63, 3.8) is 0 Å². The first kappa shape index (κ1) is 27.4. The van der Waals surface area contributed by atoms with Gasteiger partial charge in [-0.15, -0.1) is 0 Å². The molecule has 0 fully saturated rings. The number of para-hydroxylation sites is 1. The number of benzene rings is 8. The van der Waals surface area contributed by atoms with E-state index in [1.807, 2.05) is 0 Å². The summed E-state index contributed by atoms with van der Waals surface area (Å²) in [7, 11) is 0. The molecule has 0 aromatic heterocycles. The zero-order valence-corrected chi connectivity index (χ0v) is 26.5. The van der Waals surface area contributed by atoms with Crippen molar-refractivity contribution >= 4 is 60.5 Å². The van der Waals surface area contributed by atoms with Gasteiger partial charge in [-0.3, -0.25) is 0 Å². The van der Waals surface area contributed by atoms with Crippen LogP contribution >= 0.6 is 0 Å². The lowest BCUT2D eigenvalue weighted by Crippen LogP contribution is -2.10. The lowest BCUT2D eigenvalue weighted by molar-refractivity contribution is 1.30. The molecule has 1 aliphatic carbocycles. The second-order valence-electron chi connectivity index (χ2n) is 12.6. The zero-order valence-electron chi connectivity index (χ0n) is 26.5. The topological polar surface area (TPSA) is 3.24 Å². The summed E-state index contributed by atoms with van der Waals surface area (Å²) in [5.41, 5.74) is 13.8. The fourth-order valence-corrected chi connectivity index (χ4v) is 7.70. The summed E-state index contributed by atoms with van der Waals surface area (Å²) in [5.74, 6) is 0. The van der Waals surface area contributed by atoms with Gasteiger partial charge >= 0.3 is 0 Å². The average molecular weight is 600 g/mol. The maximum atomic E-state index is 2.41. The molecule has 0 amide bonds. The van der Waals surface area contributed by atoms with Crippen LogP contribution < -0.4 is 4.90 Å². The van der Waals surface area contributed by atoms with Crippen molar-refractivity contribution in [2.75, 3.05) is 4.90 Å². The van der Waals surface area contributed by atoms with Crippen LogP contribution in [0.2, 0.25) is 0 Å². The van der Waals surface area contributed by atoms with E-state index in [4.69, 9.17) is 0 Å². The van der Waals surface area contributed by atoms with Crippen molar-refractivity contribution in [2.45, 2.75) is 13.8 Å². The van der Waals surface area contributed by atoms with Gasteiger partial charge in [-0.05, 0) is 128 Å². The highest BCUT2D eigenvalue weighted by Crippen LogP contribution is 2.49. The van der Waals surface area contributed by atoms with E-state index in [0.29, 0.717) is 0 Å². The minimum atomic E-state index is 1.13. The summed E-state index contributed by atoms with van der Waals surface area (Å²) >= 11 is 0. The molecule has 1 nitrogen and oxygen atoms in total. The number of anilines is 3. The first-order valence-electron chi connectivity index (χ1n) is 16.4. The lowest BCUT2D eigenvalue weighted by atomic mass is 9.90. The minimum Gasteiger partial charge on any atom is -0.310 e. The quantitative estimate of drug-likeness (QED) is 0.178. The first-order chi connectivity index (χ1) is 23.2. The summed E-state index contributed by atoms with van der Waals surface area (Å²) in [6.07, 6.45) is 0. The Labute approximate surface area is 275 Å². The Balaban J connectivity index is 1.20. The number of allylic oxidation sites excluding steroid dienone is 1. The van der Waals surface area contributed by atoms with E-state index in [0.717, 1.165) is 11.4 Å². The average Bonchev–Trinajstić information content (AvgIpc) is 3.42. The third-order valence-electron chi connectivity index (χ3n) is 9.87. The van der Waals surface area contributed by atoms with Crippen LogP contribution in [0.4, 0.5) is 17.1 Å². The molecule has 0 saturated heterocycles. The standard InChI is InChI=1S/C46H33N/c1-30-25-26-34(29-42(30)44-31(2)45-40-22-9-7-14-35(40)27-36-17-11-23-41(44)46(36)45)33-16-10-20-38(28-33)47(37-18-4-3-5-19-37)43-24-12-15-32-13-6-8-21-39(32)43/h3-29H,1-2H3. The molecule has 0 saturated carbocycles. The molecule has 0 atom stereocenters. The maximum absolute atomic E-state index is 2.41. The first-order valence-corrected chi connectivity index (χ1v) is 16.4. The van der Waals surface area contributed by atoms with Gasteiger partial charge in [-0.2, -0.15) is 0 Å². The monoisotopic (exact) mass is 599 g/mol. The van der Waals surface area contributed by atoms with Gasteiger partial charge in [0.2, 0.25) is 0 Å². The highest BCUT2D eigenvalue weighted by Gasteiger charge is 2.26. The molecule has 0 bridgehead atoms. The largest absolute Gasteiger partial charge is 0.310 e. The summed E-state index contributed by atoms with van der Waals surface area (Å²) in [6, 6.07) is 59.8. The van der Waals surface area contributed by atoms with Crippen LogP contribution in [-0.4, -0.2) is 0 Å². The lowest BCUT2D eigenvalue weighted by Gasteiger charge is -2.27. The number of fused-ring (bicyclic) bond motifs is 3. The molecule has 0 heterocycles. The maximum Gasteiger partial charge on any atom is 0.0540 e. The Kier molecular flexibility index (Phi) is 6.33. The molecular formula is C46H33N. The third-order valence-corrected chi connectivity index (χ3v) is 9.87. The summed E-state index contributed by atoms with van der Waals surface area (Å²) in [4.78, 5) is 2.38. The molecular weight excluding hydrogens is 567 g/mol. The van der Waals surface area contributed by atoms with Gasteiger partial charge in [0.15, 0.2) is 0 Å². The zero-order chi connectivity index (χ0) is 31.5. The normalized spacial score (nSPS) is 12.4. The molecule has 0 spiro atoms. The van der Waals surface area contributed by atoms with E-state index < -0.39 is 0 Å². The smallest absolute Gasteiger partial charge is 0.0540 e. The highest BCUT2D eigenvalue weighted by atomic mass is 15.1. The molecule has 0 unspecified atom stereocenters. The second-order valence-corrected chi connectivity index (χ2v) is 12.6. The van der Waals surface area contributed by atoms with Crippen molar-refractivity contribution in [1.82, 2.24) is 0 Å². The second kappa shape index (κ2) is 10.9. The molecule has 1 heteroatoms. The number of aryl methyl sites for hydroxylation is 1. The van der Waals surface area contributed by atoms with E-state index in [2.05, 4.69) is 183 Å². The van der Waals surface area contributed by atoms with Crippen LogP contribution in [0.15, 0.2) is 164 Å². The Hall–Kier alpha value is -5.92. The highest BCUT2D eigenvalue weighted by molar-refractivity contribution is 6.23. The van der Waals surface area contributed by atoms with Crippen LogP contribution in [-0.2, 0) is 0 Å². The number of hydrogen-bond donors (Lipinski definition) is 0. The fraction of sp³-hybridized carbons (Fsp3) is 0.0435. The van der Waals surface area contributed by atoms with Crippen molar-refractivity contribution in [3.05, 3.63) is 186 Å². The Morgan fingerprint density at radius 2 is 1.09 bits per heavy atom. The van der Waals surface area contributed by atoms with E-state index in [-0.39, 0.29) is 0 Å². The van der Waals surface area contributed by atoms with Gasteiger partial charge in [0, 0.05) is 16.8 Å². The molecule has 47 heavy (non-hydrogen) atoms. The van der Waals surface area contributed by atoms with Crippen molar-refractivity contribution in [3.8, 4) is 11.1 Å². The summed E-state index contributed by atoms with van der Waals surface area (Å²) in [5, 5.41) is 7.77. The summed E-state index contributed by atoms with van der Waals surface area (Å²) in [6.45, 7) is 4.56. The van der Waals surface area contributed by atoms with Gasteiger partial charge in [0.05, 0.1) is 5.69 Å². The molecule has 0 radical (unpaired) electrons. The predicted molar refractivity (Wildman–Crippen MR) is 202 cm³/mol. The van der Waals surface area contributed by atoms with Crippen LogP contribution in [0.5, 0.6) is 0 Å². The van der Waals surface area contributed by atoms with Crippen LogP contribution in [0.25, 0.3) is 54.6 Å². The Morgan fingerprint density at radius 3 is 1.96 bits per heavy atom. The van der Waals surface area contributed by atoms with Gasteiger partial charge < -0.3 is 4.90 Å². The predicted octanol–water partition coefficient (Wildman–Crippen LogP) is 12.9. The van der Waals surface area contributed by atoms with Crippen molar-refractivity contribution in [1.29, 1.82) is 0 Å². The Morgan fingerprint density at radius 1 is 0.426 bits per heavy atom. The van der Waals surface area contributed by atoms with Crippen LogP contribution in [0, 0.1) is 6.92 Å². The van der Waals surface area contributed by atoms with Crippen LogP contribution in [0.1, 0.15) is 29.2 Å². The fourth-order valence-electron chi connectivity index (χ4n) is 7.70. The van der Waals surface area contributed by atoms with E-state index in [1.54, 1.807) is 0 Å². The Bertz CT molecular complexity index is 2530. The molecule has 8 aromatic carbocycles. The number of nitrogens with zero attached hydrogens (tertiary/aromatic N) is 1. The van der Waals surface area contributed by atoms with Crippen LogP contribution in [0.3, 0.4) is 0 Å². The van der Waals surface area contributed by atoms with E-state index in [9.17, 15) is 0 Å².